The minimum absolute atomic E-state index is 0.0268. The first-order valence-corrected chi connectivity index (χ1v) is 11.5. The lowest BCUT2D eigenvalue weighted by atomic mass is 9.78. The zero-order valence-corrected chi connectivity index (χ0v) is 18.8. The van der Waals surface area contributed by atoms with Gasteiger partial charge in [0.15, 0.2) is 0 Å². The van der Waals surface area contributed by atoms with Crippen molar-refractivity contribution in [3.05, 3.63) is 59.7 Å². The van der Waals surface area contributed by atoms with Gasteiger partial charge >= 0.3 is 12.1 Å². The average Bonchev–Trinajstić information content (AvgIpc) is 3.04. The number of hydrogen-bond donors (Lipinski definition) is 3. The van der Waals surface area contributed by atoms with Crippen molar-refractivity contribution in [2.45, 2.75) is 57.0 Å². The topological polar surface area (TPSA) is 105 Å². The number of rotatable bonds is 9. The first kappa shape index (κ1) is 22.8. The Morgan fingerprint density at radius 2 is 1.58 bits per heavy atom. The zero-order chi connectivity index (χ0) is 23.4. The summed E-state index contributed by atoms with van der Waals surface area (Å²) < 4.78 is 5.53. The minimum Gasteiger partial charge on any atom is -0.481 e. The third-order valence-electron chi connectivity index (χ3n) is 6.66. The number of carbonyl (C=O) groups is 3. The maximum absolute atomic E-state index is 12.4. The summed E-state index contributed by atoms with van der Waals surface area (Å²) in [5, 5.41) is 14.7. The molecule has 2 amide bonds. The van der Waals surface area contributed by atoms with Gasteiger partial charge in [0.25, 0.3) is 0 Å². The van der Waals surface area contributed by atoms with Crippen LogP contribution in [0.15, 0.2) is 48.5 Å². The van der Waals surface area contributed by atoms with Crippen LogP contribution >= 0.6 is 0 Å². The predicted octanol–water partition coefficient (Wildman–Crippen LogP) is 4.06. The van der Waals surface area contributed by atoms with Gasteiger partial charge in [-0.3, -0.25) is 9.59 Å². The molecule has 1 unspecified atom stereocenters. The van der Waals surface area contributed by atoms with E-state index in [2.05, 4.69) is 34.9 Å². The van der Waals surface area contributed by atoms with Crippen molar-refractivity contribution in [1.82, 2.24) is 10.6 Å². The van der Waals surface area contributed by atoms with Gasteiger partial charge in [-0.15, -0.1) is 0 Å². The lowest BCUT2D eigenvalue weighted by Gasteiger charge is -2.33. The lowest BCUT2D eigenvalue weighted by Crippen LogP contribution is -2.46. The molecule has 2 aromatic carbocycles. The number of nitrogens with one attached hydrogen (secondary N) is 2. The quantitative estimate of drug-likeness (QED) is 0.534. The average molecular weight is 451 g/mol. The number of amides is 2. The van der Waals surface area contributed by atoms with Gasteiger partial charge in [0.05, 0.1) is 6.42 Å². The molecule has 2 atom stereocenters. The van der Waals surface area contributed by atoms with Crippen LogP contribution in [0, 0.1) is 5.92 Å². The van der Waals surface area contributed by atoms with Crippen molar-refractivity contribution < 1.29 is 24.2 Å². The van der Waals surface area contributed by atoms with E-state index in [0.29, 0.717) is 0 Å². The molecule has 1 fully saturated rings. The summed E-state index contributed by atoms with van der Waals surface area (Å²) in [5.74, 6) is -0.993. The van der Waals surface area contributed by atoms with Gasteiger partial charge < -0.3 is 20.5 Å². The summed E-state index contributed by atoms with van der Waals surface area (Å²) in [6.45, 7) is 1.94. The molecule has 7 nitrogen and oxygen atoms in total. The van der Waals surface area contributed by atoms with Crippen LogP contribution in [0.4, 0.5) is 4.79 Å². The molecule has 1 saturated carbocycles. The molecular weight excluding hydrogens is 420 g/mol. The second-order valence-electron chi connectivity index (χ2n) is 9.04. The first-order valence-electron chi connectivity index (χ1n) is 11.5. The van der Waals surface area contributed by atoms with Crippen LogP contribution in [0.3, 0.4) is 0 Å². The molecule has 0 aliphatic heterocycles. The molecule has 174 valence electrons. The summed E-state index contributed by atoms with van der Waals surface area (Å²) in [5.41, 5.74) is 4.60. The number of alkyl carbamates (subject to hydrolysis) is 1. The minimum atomic E-state index is -0.919. The molecule has 0 heterocycles. The highest BCUT2D eigenvalue weighted by atomic mass is 16.5. The van der Waals surface area contributed by atoms with E-state index < -0.39 is 18.1 Å². The maximum atomic E-state index is 12.4. The van der Waals surface area contributed by atoms with Crippen molar-refractivity contribution in [2.75, 3.05) is 6.61 Å². The molecule has 0 spiro atoms. The highest BCUT2D eigenvalue weighted by molar-refractivity contribution is 5.80. The molecule has 7 heteroatoms. The lowest BCUT2D eigenvalue weighted by molar-refractivity contribution is -0.138. The van der Waals surface area contributed by atoms with Crippen molar-refractivity contribution in [2.24, 2.45) is 5.92 Å². The van der Waals surface area contributed by atoms with E-state index in [9.17, 15) is 14.4 Å². The third-order valence-corrected chi connectivity index (χ3v) is 6.66. The van der Waals surface area contributed by atoms with Crippen LogP contribution in [-0.4, -0.2) is 41.8 Å². The normalized spacial score (nSPS) is 16.6. The van der Waals surface area contributed by atoms with E-state index in [1.807, 2.05) is 24.3 Å². The second-order valence-corrected chi connectivity index (χ2v) is 9.04. The maximum Gasteiger partial charge on any atom is 0.407 e. The van der Waals surface area contributed by atoms with E-state index in [0.717, 1.165) is 41.5 Å². The first-order chi connectivity index (χ1) is 15.9. The summed E-state index contributed by atoms with van der Waals surface area (Å²) in [4.78, 5) is 35.9. The summed E-state index contributed by atoms with van der Waals surface area (Å²) in [6, 6.07) is 15.5. The van der Waals surface area contributed by atoms with E-state index >= 15 is 0 Å². The van der Waals surface area contributed by atoms with Crippen LogP contribution in [0.2, 0.25) is 0 Å². The van der Waals surface area contributed by atoms with Crippen LogP contribution in [0.25, 0.3) is 11.1 Å². The standard InChI is InChI=1S/C26H30N2O5/c1-16(13-24(29)28-23(14-25(30)31)17-7-6-8-17)27-26(32)33-15-22-20-11-4-2-9-18(20)19-10-3-5-12-21(19)22/h2-5,9-12,16-17,22-23H,6-8,13-15H2,1H3,(H,27,32)(H,28,29)(H,30,31)/t16-,23?/m1/s1. The summed E-state index contributed by atoms with van der Waals surface area (Å²) in [6.07, 6.45) is 2.35. The molecule has 0 bridgehead atoms. The van der Waals surface area contributed by atoms with Gasteiger partial charge in [0, 0.05) is 24.4 Å². The Kier molecular flexibility index (Phi) is 6.96. The smallest absolute Gasteiger partial charge is 0.407 e. The van der Waals surface area contributed by atoms with Crippen molar-refractivity contribution in [1.29, 1.82) is 0 Å². The Morgan fingerprint density at radius 1 is 0.970 bits per heavy atom. The third kappa shape index (κ3) is 5.35. The second kappa shape index (κ2) is 10.1. The Bertz CT molecular complexity index is 987. The Labute approximate surface area is 193 Å². The van der Waals surface area contributed by atoms with Crippen molar-refractivity contribution in [3.63, 3.8) is 0 Å². The number of benzene rings is 2. The van der Waals surface area contributed by atoms with Gasteiger partial charge in [0.1, 0.15) is 6.61 Å². The fourth-order valence-corrected chi connectivity index (χ4v) is 4.80. The van der Waals surface area contributed by atoms with Crippen LogP contribution in [-0.2, 0) is 14.3 Å². The Balaban J connectivity index is 1.28. The SMILES string of the molecule is C[C@H](CC(=O)NC(CC(=O)O)C1CCC1)NC(=O)OCC1c2ccccc2-c2ccccc21. The number of hydrogen-bond acceptors (Lipinski definition) is 4. The van der Waals surface area contributed by atoms with Gasteiger partial charge in [0.2, 0.25) is 5.91 Å². The summed E-state index contributed by atoms with van der Waals surface area (Å²) >= 11 is 0. The van der Waals surface area contributed by atoms with E-state index in [4.69, 9.17) is 9.84 Å². The van der Waals surface area contributed by atoms with Crippen LogP contribution in [0.5, 0.6) is 0 Å². The molecule has 0 aromatic heterocycles. The molecular formula is C26H30N2O5. The molecule has 2 aliphatic carbocycles. The monoisotopic (exact) mass is 450 g/mol. The number of carbonyl (C=O) groups excluding carboxylic acids is 2. The van der Waals surface area contributed by atoms with Gasteiger partial charge in [-0.05, 0) is 47.9 Å². The highest BCUT2D eigenvalue weighted by Crippen LogP contribution is 2.44. The number of ether oxygens (including phenoxy) is 1. The highest BCUT2D eigenvalue weighted by Gasteiger charge is 2.31. The number of carboxylic acids is 1. The molecule has 4 rings (SSSR count). The van der Waals surface area contributed by atoms with Gasteiger partial charge in [-0.25, -0.2) is 4.79 Å². The van der Waals surface area contributed by atoms with Crippen LogP contribution in [0.1, 0.15) is 56.1 Å². The Hall–Kier alpha value is -3.35. The molecule has 0 radical (unpaired) electrons. The van der Waals surface area contributed by atoms with Crippen LogP contribution < -0.4 is 10.6 Å². The Morgan fingerprint density at radius 3 is 2.12 bits per heavy atom. The number of carboxylic acid groups (broad SMARTS) is 1. The molecule has 0 saturated heterocycles. The predicted molar refractivity (Wildman–Crippen MR) is 124 cm³/mol. The summed E-state index contributed by atoms with van der Waals surface area (Å²) in [7, 11) is 0. The molecule has 33 heavy (non-hydrogen) atoms. The molecule has 2 aliphatic rings. The van der Waals surface area contributed by atoms with Gasteiger partial charge in [-0.2, -0.15) is 0 Å². The van der Waals surface area contributed by atoms with Gasteiger partial charge in [-0.1, -0.05) is 55.0 Å². The van der Waals surface area contributed by atoms with Crippen molar-refractivity contribution in [3.8, 4) is 11.1 Å². The van der Waals surface area contributed by atoms with Crippen molar-refractivity contribution >= 4 is 18.0 Å². The molecule has 2 aromatic rings. The van der Waals surface area contributed by atoms with E-state index in [-0.39, 0.29) is 43.2 Å². The largest absolute Gasteiger partial charge is 0.481 e. The fourth-order valence-electron chi connectivity index (χ4n) is 4.80. The van der Waals surface area contributed by atoms with E-state index in [1.165, 1.54) is 0 Å². The molecule has 3 N–H and O–H groups in total. The number of fused-ring (bicyclic) bond motifs is 3. The zero-order valence-electron chi connectivity index (χ0n) is 18.8. The fraction of sp³-hybridized carbons (Fsp3) is 0.423. The van der Waals surface area contributed by atoms with E-state index in [1.54, 1.807) is 6.92 Å². The number of aliphatic carboxylic acids is 1.